The molecule has 0 spiro atoms. The zero-order valence-electron chi connectivity index (χ0n) is 13.2. The Morgan fingerprint density at radius 2 is 1.88 bits per heavy atom. The standard InChI is InChI=1S/C18H13Cl3N2O2/c1-2-25-18(24)13-10-23(16-7-17(21)22-8-15(16)20)9-12(13)11-5-3-4-6-14(11)19/h3-10H,2H2,1H3. The van der Waals surface area contributed by atoms with E-state index in [1.165, 1.54) is 6.20 Å². The smallest absolute Gasteiger partial charge is 0.340 e. The van der Waals surface area contributed by atoms with Crippen LogP contribution in [-0.4, -0.2) is 22.1 Å². The third kappa shape index (κ3) is 3.66. The van der Waals surface area contributed by atoms with E-state index in [2.05, 4.69) is 4.98 Å². The van der Waals surface area contributed by atoms with Crippen molar-refractivity contribution in [2.24, 2.45) is 0 Å². The van der Waals surface area contributed by atoms with Gasteiger partial charge >= 0.3 is 5.97 Å². The predicted octanol–water partition coefficient (Wildman–Crippen LogP) is 5.68. The summed E-state index contributed by atoms with van der Waals surface area (Å²) in [6, 6.07) is 8.90. The van der Waals surface area contributed by atoms with Gasteiger partial charge in [0.15, 0.2) is 0 Å². The maximum absolute atomic E-state index is 12.4. The first-order chi connectivity index (χ1) is 12.0. The molecule has 2 heterocycles. The van der Waals surface area contributed by atoms with Crippen LogP contribution in [0.3, 0.4) is 0 Å². The molecular formula is C18H13Cl3N2O2. The van der Waals surface area contributed by atoms with E-state index >= 15 is 0 Å². The molecule has 3 rings (SSSR count). The maximum Gasteiger partial charge on any atom is 0.340 e. The molecule has 3 aromatic rings. The molecule has 7 heteroatoms. The Morgan fingerprint density at radius 3 is 2.60 bits per heavy atom. The number of nitrogens with zero attached hydrogens (tertiary/aromatic N) is 2. The minimum absolute atomic E-state index is 0.272. The van der Waals surface area contributed by atoms with Gasteiger partial charge in [0.1, 0.15) is 5.15 Å². The molecule has 0 atom stereocenters. The Morgan fingerprint density at radius 1 is 1.12 bits per heavy atom. The van der Waals surface area contributed by atoms with E-state index < -0.39 is 5.97 Å². The molecule has 0 bridgehead atoms. The van der Waals surface area contributed by atoms with Gasteiger partial charge in [-0.25, -0.2) is 9.78 Å². The van der Waals surface area contributed by atoms with Crippen LogP contribution in [-0.2, 0) is 4.74 Å². The fourth-order valence-corrected chi connectivity index (χ4v) is 3.05. The Bertz CT molecular complexity index is 938. The number of pyridine rings is 1. The normalized spacial score (nSPS) is 10.7. The second-order valence-corrected chi connectivity index (χ2v) is 6.35. The van der Waals surface area contributed by atoms with Crippen LogP contribution in [0, 0.1) is 0 Å². The second kappa shape index (κ2) is 7.48. The van der Waals surface area contributed by atoms with E-state index in [0.717, 1.165) is 5.56 Å². The molecule has 0 radical (unpaired) electrons. The van der Waals surface area contributed by atoms with Crippen molar-refractivity contribution in [3.63, 3.8) is 0 Å². The maximum atomic E-state index is 12.4. The molecule has 0 aliphatic carbocycles. The molecule has 1 aromatic carbocycles. The van der Waals surface area contributed by atoms with Crippen LogP contribution in [0.25, 0.3) is 16.8 Å². The zero-order valence-corrected chi connectivity index (χ0v) is 15.4. The predicted molar refractivity (Wildman–Crippen MR) is 100.0 cm³/mol. The van der Waals surface area contributed by atoms with Gasteiger partial charge in [0, 0.05) is 40.8 Å². The van der Waals surface area contributed by atoms with Crippen molar-refractivity contribution in [3.05, 3.63) is 69.7 Å². The lowest BCUT2D eigenvalue weighted by Gasteiger charge is -2.06. The average Bonchev–Trinajstić information content (AvgIpc) is 3.02. The summed E-state index contributed by atoms with van der Waals surface area (Å²) in [7, 11) is 0. The molecule has 0 saturated carbocycles. The number of halogens is 3. The zero-order chi connectivity index (χ0) is 18.0. The number of carbonyl (C=O) groups excluding carboxylic acids is 1. The van der Waals surface area contributed by atoms with Gasteiger partial charge in [0.2, 0.25) is 0 Å². The summed E-state index contributed by atoms with van der Waals surface area (Å²) < 4.78 is 6.88. The Kier molecular flexibility index (Phi) is 5.33. The fraction of sp³-hybridized carbons (Fsp3) is 0.111. The van der Waals surface area contributed by atoms with Gasteiger partial charge in [-0.05, 0) is 13.0 Å². The van der Waals surface area contributed by atoms with Crippen LogP contribution in [0.1, 0.15) is 17.3 Å². The van der Waals surface area contributed by atoms with Crippen molar-refractivity contribution in [2.75, 3.05) is 6.61 Å². The number of esters is 1. The number of aromatic nitrogens is 2. The van der Waals surface area contributed by atoms with Gasteiger partial charge in [-0.2, -0.15) is 0 Å². The van der Waals surface area contributed by atoms with Crippen LogP contribution in [0.4, 0.5) is 0 Å². The van der Waals surface area contributed by atoms with Crippen molar-refractivity contribution in [1.29, 1.82) is 0 Å². The summed E-state index contributed by atoms with van der Waals surface area (Å²) in [4.78, 5) is 16.3. The first kappa shape index (κ1) is 17.8. The molecule has 25 heavy (non-hydrogen) atoms. The van der Waals surface area contributed by atoms with Crippen LogP contribution in [0.2, 0.25) is 15.2 Å². The Balaban J connectivity index is 2.20. The van der Waals surface area contributed by atoms with Gasteiger partial charge < -0.3 is 9.30 Å². The third-order valence-corrected chi connectivity index (χ3v) is 4.39. The summed E-state index contributed by atoms with van der Waals surface area (Å²) >= 11 is 18.5. The van der Waals surface area contributed by atoms with Crippen LogP contribution in [0.15, 0.2) is 48.9 Å². The summed E-state index contributed by atoms with van der Waals surface area (Å²) in [6.45, 7) is 2.03. The highest BCUT2D eigenvalue weighted by atomic mass is 35.5. The summed E-state index contributed by atoms with van der Waals surface area (Å²) in [6.07, 6.45) is 4.87. The van der Waals surface area contributed by atoms with Crippen LogP contribution >= 0.6 is 34.8 Å². The largest absolute Gasteiger partial charge is 0.462 e. The number of hydrogen-bond donors (Lipinski definition) is 0. The highest BCUT2D eigenvalue weighted by Crippen LogP contribution is 2.34. The average molecular weight is 396 g/mol. The molecule has 4 nitrogen and oxygen atoms in total. The van der Waals surface area contributed by atoms with Crippen molar-refractivity contribution in [2.45, 2.75) is 6.92 Å². The van der Waals surface area contributed by atoms with Crippen molar-refractivity contribution in [1.82, 2.24) is 9.55 Å². The lowest BCUT2D eigenvalue weighted by atomic mass is 10.0. The van der Waals surface area contributed by atoms with Gasteiger partial charge in [-0.1, -0.05) is 53.0 Å². The SMILES string of the molecule is CCOC(=O)c1cn(-c2cc(Cl)ncc2Cl)cc1-c1ccccc1Cl. The van der Waals surface area contributed by atoms with E-state index in [0.29, 0.717) is 32.0 Å². The summed E-state index contributed by atoms with van der Waals surface area (Å²) in [5.74, 6) is -0.438. The summed E-state index contributed by atoms with van der Waals surface area (Å²) in [5.41, 5.74) is 2.36. The van der Waals surface area contributed by atoms with E-state index in [1.54, 1.807) is 36.0 Å². The molecule has 2 aromatic heterocycles. The van der Waals surface area contributed by atoms with Crippen molar-refractivity contribution in [3.8, 4) is 16.8 Å². The molecule has 0 aliphatic rings. The number of carbonyl (C=O) groups is 1. The second-order valence-electron chi connectivity index (χ2n) is 5.15. The molecule has 0 amide bonds. The van der Waals surface area contributed by atoms with E-state index in [1.807, 2.05) is 18.2 Å². The quantitative estimate of drug-likeness (QED) is 0.422. The minimum atomic E-state index is -0.438. The van der Waals surface area contributed by atoms with Gasteiger partial charge in [0.05, 0.1) is 22.9 Å². The lowest BCUT2D eigenvalue weighted by Crippen LogP contribution is -2.05. The van der Waals surface area contributed by atoms with Gasteiger partial charge in [-0.15, -0.1) is 0 Å². The Hall–Kier alpha value is -2.01. The molecule has 0 aliphatic heterocycles. The number of benzene rings is 1. The van der Waals surface area contributed by atoms with Crippen molar-refractivity contribution < 1.29 is 9.53 Å². The molecule has 128 valence electrons. The topological polar surface area (TPSA) is 44.1 Å². The molecule has 0 N–H and O–H groups in total. The number of rotatable bonds is 4. The Labute approximate surface area is 159 Å². The molecular weight excluding hydrogens is 383 g/mol. The van der Waals surface area contributed by atoms with E-state index in [-0.39, 0.29) is 6.61 Å². The van der Waals surface area contributed by atoms with Gasteiger partial charge in [0.25, 0.3) is 0 Å². The van der Waals surface area contributed by atoms with Crippen LogP contribution < -0.4 is 0 Å². The van der Waals surface area contributed by atoms with Crippen molar-refractivity contribution >= 4 is 40.8 Å². The summed E-state index contributed by atoms with van der Waals surface area (Å²) in [5, 5.41) is 1.23. The van der Waals surface area contributed by atoms with Crippen LogP contribution in [0.5, 0.6) is 0 Å². The fourth-order valence-electron chi connectivity index (χ4n) is 2.46. The minimum Gasteiger partial charge on any atom is -0.462 e. The number of hydrogen-bond acceptors (Lipinski definition) is 3. The van der Waals surface area contributed by atoms with Gasteiger partial charge in [-0.3, -0.25) is 0 Å². The third-order valence-electron chi connectivity index (χ3n) is 3.57. The highest BCUT2D eigenvalue weighted by molar-refractivity contribution is 6.34. The van der Waals surface area contributed by atoms with E-state index in [4.69, 9.17) is 39.5 Å². The highest BCUT2D eigenvalue weighted by Gasteiger charge is 2.20. The molecule has 0 fully saturated rings. The lowest BCUT2D eigenvalue weighted by molar-refractivity contribution is 0.0527. The first-order valence-electron chi connectivity index (χ1n) is 7.46. The van der Waals surface area contributed by atoms with E-state index in [9.17, 15) is 4.79 Å². The molecule has 0 unspecified atom stereocenters. The first-order valence-corrected chi connectivity index (χ1v) is 8.60. The monoisotopic (exact) mass is 394 g/mol. The number of ether oxygens (including phenoxy) is 1. The molecule has 0 saturated heterocycles.